The molecule has 1 aromatic rings. The van der Waals surface area contributed by atoms with Gasteiger partial charge in [0.05, 0.1) is 7.11 Å². The second-order valence-electron chi connectivity index (χ2n) is 4.34. The highest BCUT2D eigenvalue weighted by molar-refractivity contribution is 5.50. The predicted molar refractivity (Wildman–Crippen MR) is 68.6 cm³/mol. The van der Waals surface area contributed by atoms with Crippen LogP contribution in [0.3, 0.4) is 0 Å². The maximum atomic E-state index is 5.76. The molecule has 0 atom stereocenters. The molecule has 4 heteroatoms. The number of benzene rings is 1. The van der Waals surface area contributed by atoms with Crippen LogP contribution in [0.15, 0.2) is 18.2 Å². The molecule has 1 saturated heterocycles. The van der Waals surface area contributed by atoms with E-state index in [1.54, 1.807) is 13.2 Å². The molecule has 94 valence electrons. The molecular weight excluding hydrogens is 216 g/mol. The Kier molecular flexibility index (Phi) is 4.09. The molecule has 1 aliphatic rings. The van der Waals surface area contributed by atoms with Gasteiger partial charge in [0.25, 0.3) is 0 Å². The van der Waals surface area contributed by atoms with Crippen LogP contribution in [-0.4, -0.2) is 38.3 Å². The number of likely N-dealkylation sites (tertiary alicyclic amines) is 1. The van der Waals surface area contributed by atoms with Crippen molar-refractivity contribution in [3.05, 3.63) is 18.2 Å². The number of rotatable bonds is 5. The SMILES string of the molecule is COc1cc(N)cc(OCCN2CCCC2)c1. The van der Waals surface area contributed by atoms with E-state index in [-0.39, 0.29) is 0 Å². The van der Waals surface area contributed by atoms with Crippen molar-refractivity contribution in [3.8, 4) is 11.5 Å². The number of anilines is 1. The Morgan fingerprint density at radius 2 is 1.88 bits per heavy atom. The second-order valence-corrected chi connectivity index (χ2v) is 4.34. The van der Waals surface area contributed by atoms with Gasteiger partial charge in [-0.1, -0.05) is 0 Å². The third-order valence-corrected chi connectivity index (χ3v) is 3.01. The number of ether oxygens (including phenoxy) is 2. The molecule has 0 unspecified atom stereocenters. The summed E-state index contributed by atoms with van der Waals surface area (Å²) in [6.45, 7) is 4.08. The van der Waals surface area contributed by atoms with Crippen LogP contribution in [0, 0.1) is 0 Å². The van der Waals surface area contributed by atoms with E-state index in [0.29, 0.717) is 12.3 Å². The van der Waals surface area contributed by atoms with E-state index in [1.807, 2.05) is 12.1 Å². The van der Waals surface area contributed by atoms with Crippen LogP contribution in [0.2, 0.25) is 0 Å². The molecule has 0 aliphatic carbocycles. The zero-order valence-corrected chi connectivity index (χ0v) is 10.3. The van der Waals surface area contributed by atoms with E-state index in [9.17, 15) is 0 Å². The topological polar surface area (TPSA) is 47.7 Å². The molecule has 1 aliphatic heterocycles. The number of nitrogen functional groups attached to an aromatic ring is 1. The normalized spacial score (nSPS) is 16.1. The van der Waals surface area contributed by atoms with Crippen molar-refractivity contribution in [3.63, 3.8) is 0 Å². The van der Waals surface area contributed by atoms with Crippen LogP contribution in [0.25, 0.3) is 0 Å². The Morgan fingerprint density at radius 3 is 2.59 bits per heavy atom. The minimum Gasteiger partial charge on any atom is -0.497 e. The maximum absolute atomic E-state index is 5.76. The molecule has 0 aromatic heterocycles. The van der Waals surface area contributed by atoms with Crippen LogP contribution in [0.1, 0.15) is 12.8 Å². The lowest BCUT2D eigenvalue weighted by Gasteiger charge is -2.15. The van der Waals surface area contributed by atoms with Gasteiger partial charge in [0.15, 0.2) is 0 Å². The molecule has 0 radical (unpaired) electrons. The second kappa shape index (κ2) is 5.77. The minimum atomic E-state index is 0.667. The van der Waals surface area contributed by atoms with Crippen molar-refractivity contribution in [1.29, 1.82) is 0 Å². The summed E-state index contributed by atoms with van der Waals surface area (Å²) in [7, 11) is 1.63. The summed E-state index contributed by atoms with van der Waals surface area (Å²) < 4.78 is 10.8. The highest BCUT2D eigenvalue weighted by Gasteiger charge is 2.10. The largest absolute Gasteiger partial charge is 0.497 e. The Morgan fingerprint density at radius 1 is 1.18 bits per heavy atom. The van der Waals surface area contributed by atoms with Gasteiger partial charge in [0.2, 0.25) is 0 Å². The molecule has 0 amide bonds. The Balaban J connectivity index is 1.83. The van der Waals surface area contributed by atoms with Gasteiger partial charge >= 0.3 is 0 Å². The van der Waals surface area contributed by atoms with Crippen LogP contribution in [0.4, 0.5) is 5.69 Å². The number of hydrogen-bond donors (Lipinski definition) is 1. The lowest BCUT2D eigenvalue weighted by atomic mass is 10.3. The standard InChI is InChI=1S/C13H20N2O2/c1-16-12-8-11(14)9-13(10-12)17-7-6-15-4-2-3-5-15/h8-10H,2-7,14H2,1H3. The van der Waals surface area contributed by atoms with Gasteiger partial charge < -0.3 is 15.2 Å². The first kappa shape index (κ1) is 12.0. The summed E-state index contributed by atoms with van der Waals surface area (Å²) in [5.74, 6) is 1.52. The van der Waals surface area contributed by atoms with Crippen molar-refractivity contribution in [2.24, 2.45) is 0 Å². The van der Waals surface area contributed by atoms with E-state index in [2.05, 4.69) is 4.90 Å². The molecule has 1 aromatic carbocycles. The summed E-state index contributed by atoms with van der Waals surface area (Å²) in [4.78, 5) is 2.42. The maximum Gasteiger partial charge on any atom is 0.125 e. The smallest absolute Gasteiger partial charge is 0.125 e. The zero-order valence-electron chi connectivity index (χ0n) is 10.3. The van der Waals surface area contributed by atoms with E-state index >= 15 is 0 Å². The summed E-state index contributed by atoms with van der Waals surface area (Å²) in [6, 6.07) is 5.47. The highest BCUT2D eigenvalue weighted by Crippen LogP contribution is 2.24. The van der Waals surface area contributed by atoms with Crippen LogP contribution in [-0.2, 0) is 0 Å². The number of hydrogen-bond acceptors (Lipinski definition) is 4. The van der Waals surface area contributed by atoms with E-state index in [1.165, 1.54) is 25.9 Å². The molecule has 17 heavy (non-hydrogen) atoms. The van der Waals surface area contributed by atoms with Gasteiger partial charge in [0.1, 0.15) is 18.1 Å². The van der Waals surface area contributed by atoms with Crippen molar-refractivity contribution < 1.29 is 9.47 Å². The van der Waals surface area contributed by atoms with E-state index in [0.717, 1.165) is 18.0 Å². The Bertz CT molecular complexity index is 362. The molecule has 0 bridgehead atoms. The predicted octanol–water partition coefficient (Wildman–Crippen LogP) is 1.75. The van der Waals surface area contributed by atoms with Gasteiger partial charge in [-0.2, -0.15) is 0 Å². The molecule has 0 saturated carbocycles. The number of methoxy groups -OCH3 is 1. The van der Waals surface area contributed by atoms with Crippen molar-refractivity contribution >= 4 is 5.69 Å². The van der Waals surface area contributed by atoms with Gasteiger partial charge in [-0.3, -0.25) is 4.90 Å². The first-order valence-electron chi connectivity index (χ1n) is 6.07. The van der Waals surface area contributed by atoms with Crippen LogP contribution < -0.4 is 15.2 Å². The molecule has 4 nitrogen and oxygen atoms in total. The molecule has 2 N–H and O–H groups in total. The van der Waals surface area contributed by atoms with Crippen molar-refractivity contribution in [2.75, 3.05) is 39.1 Å². The van der Waals surface area contributed by atoms with Crippen LogP contribution in [0.5, 0.6) is 11.5 Å². The quantitative estimate of drug-likeness (QED) is 0.791. The summed E-state index contributed by atoms with van der Waals surface area (Å²) >= 11 is 0. The first-order valence-corrected chi connectivity index (χ1v) is 6.07. The monoisotopic (exact) mass is 236 g/mol. The lowest BCUT2D eigenvalue weighted by Crippen LogP contribution is -2.25. The molecule has 2 rings (SSSR count). The van der Waals surface area contributed by atoms with E-state index in [4.69, 9.17) is 15.2 Å². The highest BCUT2D eigenvalue weighted by atomic mass is 16.5. The average molecular weight is 236 g/mol. The van der Waals surface area contributed by atoms with E-state index < -0.39 is 0 Å². The minimum absolute atomic E-state index is 0.667. The molecular formula is C13H20N2O2. The summed E-state index contributed by atoms with van der Waals surface area (Å²) in [5, 5.41) is 0. The van der Waals surface area contributed by atoms with Gasteiger partial charge in [-0.15, -0.1) is 0 Å². The van der Waals surface area contributed by atoms with Gasteiger partial charge in [0, 0.05) is 30.4 Å². The fourth-order valence-electron chi connectivity index (χ4n) is 2.09. The van der Waals surface area contributed by atoms with Gasteiger partial charge in [-0.05, 0) is 25.9 Å². The van der Waals surface area contributed by atoms with Gasteiger partial charge in [-0.25, -0.2) is 0 Å². The zero-order chi connectivity index (χ0) is 12.1. The number of nitrogens with zero attached hydrogens (tertiary/aromatic N) is 1. The summed E-state index contributed by atoms with van der Waals surface area (Å²) in [5.41, 5.74) is 6.43. The van der Waals surface area contributed by atoms with Crippen LogP contribution >= 0.6 is 0 Å². The fraction of sp³-hybridized carbons (Fsp3) is 0.538. The average Bonchev–Trinajstić information content (AvgIpc) is 2.81. The molecule has 1 heterocycles. The third kappa shape index (κ3) is 3.53. The fourth-order valence-corrected chi connectivity index (χ4v) is 2.09. The Labute approximate surface area is 102 Å². The molecule has 0 spiro atoms. The van der Waals surface area contributed by atoms with Crippen molar-refractivity contribution in [1.82, 2.24) is 4.90 Å². The first-order chi connectivity index (χ1) is 8.28. The molecule has 1 fully saturated rings. The third-order valence-electron chi connectivity index (χ3n) is 3.01. The van der Waals surface area contributed by atoms with Crippen molar-refractivity contribution in [2.45, 2.75) is 12.8 Å². The summed E-state index contributed by atoms with van der Waals surface area (Å²) in [6.07, 6.45) is 2.62. The Hall–Kier alpha value is -1.42. The lowest BCUT2D eigenvalue weighted by molar-refractivity contribution is 0.237. The number of nitrogens with two attached hydrogens (primary N) is 1.